The van der Waals surface area contributed by atoms with Crippen molar-refractivity contribution < 1.29 is 14.3 Å². The predicted octanol–water partition coefficient (Wildman–Crippen LogP) is 0.996. The van der Waals surface area contributed by atoms with Gasteiger partial charge in [-0.2, -0.15) is 5.10 Å². The van der Waals surface area contributed by atoms with Crippen LogP contribution in [0.25, 0.3) is 0 Å². The number of rotatable bonds is 2. The van der Waals surface area contributed by atoms with Crippen LogP contribution in [-0.4, -0.2) is 28.9 Å². The van der Waals surface area contributed by atoms with Crippen molar-refractivity contribution in [1.29, 1.82) is 0 Å². The van der Waals surface area contributed by atoms with Gasteiger partial charge in [-0.15, -0.1) is 0 Å². The zero-order valence-corrected chi connectivity index (χ0v) is 8.46. The SMILES string of the molecule is CCOC(=O)NC(=O)Nc1cc(C)[nH]n1. The number of hydrogen-bond donors (Lipinski definition) is 3. The zero-order chi connectivity index (χ0) is 11.3. The number of H-pyrrole nitrogens is 1. The number of carbonyl (C=O) groups is 2. The average Bonchev–Trinajstić information content (AvgIpc) is 2.51. The summed E-state index contributed by atoms with van der Waals surface area (Å²) < 4.78 is 4.52. The van der Waals surface area contributed by atoms with Crippen molar-refractivity contribution in [2.75, 3.05) is 11.9 Å². The second-order valence-electron chi connectivity index (χ2n) is 2.74. The number of urea groups is 1. The van der Waals surface area contributed by atoms with Gasteiger partial charge < -0.3 is 4.74 Å². The molecule has 1 aromatic rings. The van der Waals surface area contributed by atoms with Crippen LogP contribution < -0.4 is 10.6 Å². The van der Waals surface area contributed by atoms with Crippen LogP contribution in [0.5, 0.6) is 0 Å². The molecule has 1 rings (SSSR count). The van der Waals surface area contributed by atoms with Gasteiger partial charge in [0.15, 0.2) is 5.82 Å². The largest absolute Gasteiger partial charge is 0.450 e. The van der Waals surface area contributed by atoms with E-state index in [4.69, 9.17) is 0 Å². The lowest BCUT2D eigenvalue weighted by Crippen LogP contribution is -2.34. The van der Waals surface area contributed by atoms with Crippen molar-refractivity contribution in [3.63, 3.8) is 0 Å². The highest BCUT2D eigenvalue weighted by Gasteiger charge is 2.08. The van der Waals surface area contributed by atoms with Crippen LogP contribution in [0.3, 0.4) is 0 Å². The quantitative estimate of drug-likeness (QED) is 0.681. The van der Waals surface area contributed by atoms with Gasteiger partial charge >= 0.3 is 12.1 Å². The van der Waals surface area contributed by atoms with Gasteiger partial charge in [0.1, 0.15) is 0 Å². The molecule has 0 aromatic carbocycles. The van der Waals surface area contributed by atoms with E-state index < -0.39 is 12.1 Å². The standard InChI is InChI=1S/C8H12N4O3/c1-3-15-8(14)10-7(13)9-6-4-5(2)11-12-6/h4H,3H2,1-2H3,(H3,9,10,11,12,13,14). The maximum absolute atomic E-state index is 11.1. The second-order valence-corrected chi connectivity index (χ2v) is 2.74. The van der Waals surface area contributed by atoms with E-state index in [1.54, 1.807) is 19.9 Å². The van der Waals surface area contributed by atoms with E-state index >= 15 is 0 Å². The Bertz CT molecular complexity index is 361. The van der Waals surface area contributed by atoms with Gasteiger partial charge in [0.05, 0.1) is 6.61 Å². The van der Waals surface area contributed by atoms with Crippen LogP contribution >= 0.6 is 0 Å². The normalized spacial score (nSPS) is 9.47. The molecule has 0 saturated heterocycles. The molecule has 15 heavy (non-hydrogen) atoms. The summed E-state index contributed by atoms with van der Waals surface area (Å²) in [6.45, 7) is 3.65. The van der Waals surface area contributed by atoms with Crippen LogP contribution in [0.15, 0.2) is 6.07 Å². The van der Waals surface area contributed by atoms with Crippen molar-refractivity contribution in [3.8, 4) is 0 Å². The number of carbonyl (C=O) groups excluding carboxylic acids is 2. The van der Waals surface area contributed by atoms with Gasteiger partial charge in [0.25, 0.3) is 0 Å². The molecule has 7 nitrogen and oxygen atoms in total. The van der Waals surface area contributed by atoms with Gasteiger partial charge in [0.2, 0.25) is 0 Å². The van der Waals surface area contributed by atoms with Gasteiger partial charge in [-0.1, -0.05) is 0 Å². The van der Waals surface area contributed by atoms with Gasteiger partial charge in [-0.05, 0) is 13.8 Å². The highest BCUT2D eigenvalue weighted by Crippen LogP contribution is 2.02. The second kappa shape index (κ2) is 4.99. The minimum Gasteiger partial charge on any atom is -0.450 e. The van der Waals surface area contributed by atoms with E-state index in [2.05, 4.69) is 20.3 Å². The van der Waals surface area contributed by atoms with Crippen molar-refractivity contribution in [1.82, 2.24) is 15.5 Å². The number of anilines is 1. The Kier molecular flexibility index (Phi) is 3.67. The molecule has 3 N–H and O–H groups in total. The number of amides is 3. The molecular weight excluding hydrogens is 200 g/mol. The molecule has 0 fully saturated rings. The molecule has 0 aliphatic heterocycles. The van der Waals surface area contributed by atoms with Crippen molar-refractivity contribution in [3.05, 3.63) is 11.8 Å². The number of imide groups is 1. The first-order valence-electron chi connectivity index (χ1n) is 4.38. The summed E-state index contributed by atoms with van der Waals surface area (Å²) in [7, 11) is 0. The Labute approximate surface area is 86.2 Å². The topological polar surface area (TPSA) is 96.1 Å². The lowest BCUT2D eigenvalue weighted by Gasteiger charge is -2.03. The lowest BCUT2D eigenvalue weighted by molar-refractivity contribution is 0.154. The number of nitrogens with one attached hydrogen (secondary N) is 3. The first kappa shape index (κ1) is 11.0. The molecule has 0 aliphatic rings. The fourth-order valence-corrected chi connectivity index (χ4v) is 0.890. The summed E-state index contributed by atoms with van der Waals surface area (Å²) in [6, 6.07) is 0.949. The molecule has 1 aromatic heterocycles. The summed E-state index contributed by atoms with van der Waals surface area (Å²) in [6.07, 6.45) is -0.790. The van der Waals surface area contributed by atoms with Crippen LogP contribution in [0.4, 0.5) is 15.4 Å². The highest BCUT2D eigenvalue weighted by molar-refractivity contribution is 5.98. The molecule has 0 aliphatic carbocycles. The first-order valence-corrected chi connectivity index (χ1v) is 4.38. The Hall–Kier alpha value is -2.05. The minimum absolute atomic E-state index is 0.209. The third kappa shape index (κ3) is 3.67. The molecular formula is C8H12N4O3. The van der Waals surface area contributed by atoms with E-state index in [9.17, 15) is 9.59 Å². The third-order valence-corrected chi connectivity index (χ3v) is 1.44. The molecule has 7 heteroatoms. The Morgan fingerprint density at radius 2 is 2.33 bits per heavy atom. The summed E-state index contributed by atoms with van der Waals surface area (Å²) in [5.74, 6) is 0.342. The number of aromatic amines is 1. The summed E-state index contributed by atoms with van der Waals surface area (Å²) >= 11 is 0. The summed E-state index contributed by atoms with van der Waals surface area (Å²) in [4.78, 5) is 22.0. The maximum atomic E-state index is 11.1. The van der Waals surface area contributed by atoms with Gasteiger partial charge in [0, 0.05) is 11.8 Å². The van der Waals surface area contributed by atoms with Crippen LogP contribution in [0.2, 0.25) is 0 Å². The van der Waals surface area contributed by atoms with E-state index in [0.29, 0.717) is 5.82 Å². The lowest BCUT2D eigenvalue weighted by atomic mass is 10.5. The Morgan fingerprint density at radius 1 is 1.60 bits per heavy atom. The number of alkyl carbamates (subject to hydrolysis) is 1. The van der Waals surface area contributed by atoms with Crippen LogP contribution in [-0.2, 0) is 4.74 Å². The third-order valence-electron chi connectivity index (χ3n) is 1.44. The monoisotopic (exact) mass is 212 g/mol. The van der Waals surface area contributed by atoms with Crippen molar-refractivity contribution in [2.45, 2.75) is 13.8 Å². The highest BCUT2D eigenvalue weighted by atomic mass is 16.5. The molecule has 82 valence electrons. The van der Waals surface area contributed by atoms with Crippen molar-refractivity contribution >= 4 is 17.9 Å². The maximum Gasteiger partial charge on any atom is 0.415 e. The van der Waals surface area contributed by atoms with E-state index in [1.807, 2.05) is 5.32 Å². The number of aromatic nitrogens is 2. The molecule has 0 saturated carbocycles. The van der Waals surface area contributed by atoms with E-state index in [0.717, 1.165) is 5.69 Å². The fraction of sp³-hybridized carbons (Fsp3) is 0.375. The van der Waals surface area contributed by atoms with Gasteiger partial charge in [-0.25, -0.2) is 14.9 Å². The number of nitrogens with zero attached hydrogens (tertiary/aromatic N) is 1. The number of hydrogen-bond acceptors (Lipinski definition) is 4. The van der Waals surface area contributed by atoms with E-state index in [-0.39, 0.29) is 6.61 Å². The van der Waals surface area contributed by atoms with E-state index in [1.165, 1.54) is 0 Å². The molecule has 3 amide bonds. The van der Waals surface area contributed by atoms with Gasteiger partial charge in [-0.3, -0.25) is 10.4 Å². The van der Waals surface area contributed by atoms with Crippen LogP contribution in [0, 0.1) is 6.92 Å². The molecule has 0 bridgehead atoms. The predicted molar refractivity (Wildman–Crippen MR) is 52.5 cm³/mol. The molecule has 1 heterocycles. The van der Waals surface area contributed by atoms with Crippen LogP contribution in [0.1, 0.15) is 12.6 Å². The molecule has 0 radical (unpaired) electrons. The fourth-order valence-electron chi connectivity index (χ4n) is 0.890. The van der Waals surface area contributed by atoms with Crippen molar-refractivity contribution in [2.24, 2.45) is 0 Å². The molecule has 0 unspecified atom stereocenters. The molecule has 0 atom stereocenters. The summed E-state index contributed by atoms with van der Waals surface area (Å²) in [5, 5.41) is 10.7. The first-order chi connectivity index (χ1) is 7.11. The number of ether oxygens (including phenoxy) is 1. The Morgan fingerprint density at radius 3 is 2.87 bits per heavy atom. The smallest absolute Gasteiger partial charge is 0.415 e. The average molecular weight is 212 g/mol. The number of aryl methyl sites for hydroxylation is 1. The molecule has 0 spiro atoms. The summed E-state index contributed by atoms with van der Waals surface area (Å²) in [5.41, 5.74) is 0.807. The minimum atomic E-state index is -0.790. The Balaban J connectivity index is 2.39. The zero-order valence-electron chi connectivity index (χ0n) is 8.46.